The molecule has 3 rings (SSSR count). The van der Waals surface area contributed by atoms with Crippen molar-refractivity contribution in [2.24, 2.45) is 0 Å². The molecule has 0 radical (unpaired) electrons. The topological polar surface area (TPSA) is 72.7 Å². The van der Waals surface area contributed by atoms with Crippen molar-refractivity contribution in [3.63, 3.8) is 0 Å². The number of aromatic nitrogens is 2. The van der Waals surface area contributed by atoms with Crippen molar-refractivity contribution >= 4 is 0 Å². The molecule has 0 spiro atoms. The molecule has 2 aromatic rings. The predicted octanol–water partition coefficient (Wildman–Crippen LogP) is 1.75. The van der Waals surface area contributed by atoms with Gasteiger partial charge in [0.25, 0.3) is 0 Å². The Morgan fingerprint density at radius 3 is 2.79 bits per heavy atom. The van der Waals surface area contributed by atoms with E-state index in [2.05, 4.69) is 25.1 Å². The van der Waals surface area contributed by atoms with Crippen LogP contribution >= 0.6 is 0 Å². The second-order valence-electron chi connectivity index (χ2n) is 5.28. The Morgan fingerprint density at radius 1 is 1.29 bits per heavy atom. The van der Waals surface area contributed by atoms with Crippen molar-refractivity contribution < 1.29 is 22.8 Å². The highest BCUT2D eigenvalue weighted by Crippen LogP contribution is 2.32. The maximum absolute atomic E-state index is 12.4. The highest BCUT2D eigenvalue weighted by Gasteiger charge is 2.17. The van der Waals surface area contributed by atoms with Gasteiger partial charge in [0.2, 0.25) is 11.7 Å². The van der Waals surface area contributed by atoms with Crippen molar-refractivity contribution in [3.8, 4) is 22.9 Å². The first kappa shape index (κ1) is 16.6. The van der Waals surface area contributed by atoms with Gasteiger partial charge in [-0.1, -0.05) is 5.16 Å². The standard InChI is InChI=1S/C15H18F2N4O3/c1-22-12-8-10(2-3-11(12)23-15(16)17)14-19-13(24-20-14)9-21-6-4-18-5-7-21/h2-3,8,15,18H,4-7,9H2,1H3. The lowest BCUT2D eigenvalue weighted by molar-refractivity contribution is -0.0512. The second-order valence-corrected chi connectivity index (χ2v) is 5.28. The summed E-state index contributed by atoms with van der Waals surface area (Å²) < 4.78 is 39.5. The third-order valence-corrected chi connectivity index (χ3v) is 3.67. The van der Waals surface area contributed by atoms with E-state index < -0.39 is 6.61 Å². The predicted molar refractivity (Wildman–Crippen MR) is 81.1 cm³/mol. The van der Waals surface area contributed by atoms with Crippen LogP contribution in [0.1, 0.15) is 5.89 Å². The molecule has 1 fully saturated rings. The fourth-order valence-corrected chi connectivity index (χ4v) is 2.50. The number of halogens is 2. The van der Waals surface area contributed by atoms with Gasteiger partial charge in [-0.05, 0) is 18.2 Å². The Bertz CT molecular complexity index is 674. The van der Waals surface area contributed by atoms with Gasteiger partial charge in [0.15, 0.2) is 11.5 Å². The van der Waals surface area contributed by atoms with Crippen LogP contribution in [-0.4, -0.2) is 54.9 Å². The van der Waals surface area contributed by atoms with E-state index in [4.69, 9.17) is 9.26 Å². The van der Waals surface area contributed by atoms with Gasteiger partial charge in [-0.3, -0.25) is 4.90 Å². The smallest absolute Gasteiger partial charge is 0.387 e. The summed E-state index contributed by atoms with van der Waals surface area (Å²) >= 11 is 0. The van der Waals surface area contributed by atoms with Crippen LogP contribution < -0.4 is 14.8 Å². The summed E-state index contributed by atoms with van der Waals surface area (Å²) in [4.78, 5) is 6.57. The Morgan fingerprint density at radius 2 is 2.08 bits per heavy atom. The van der Waals surface area contributed by atoms with E-state index in [1.165, 1.54) is 19.2 Å². The van der Waals surface area contributed by atoms with Crippen molar-refractivity contribution in [1.82, 2.24) is 20.4 Å². The maximum atomic E-state index is 12.4. The number of benzene rings is 1. The Balaban J connectivity index is 1.74. The second kappa shape index (κ2) is 7.54. The molecule has 0 atom stereocenters. The molecule has 1 aliphatic heterocycles. The first-order chi connectivity index (χ1) is 11.7. The van der Waals surface area contributed by atoms with Gasteiger partial charge in [0.1, 0.15) is 0 Å². The molecule has 1 aliphatic rings. The SMILES string of the molecule is COc1cc(-c2noc(CN3CCNCC3)n2)ccc1OC(F)F. The summed E-state index contributed by atoms with van der Waals surface area (Å²) in [6.45, 7) is 1.38. The minimum atomic E-state index is -2.92. The molecule has 24 heavy (non-hydrogen) atoms. The zero-order valence-corrected chi connectivity index (χ0v) is 13.2. The number of nitrogens with zero attached hydrogens (tertiary/aromatic N) is 3. The summed E-state index contributed by atoms with van der Waals surface area (Å²) in [5.74, 6) is 1.03. The Kier molecular flexibility index (Phi) is 5.21. The van der Waals surface area contributed by atoms with Crippen molar-refractivity contribution in [2.45, 2.75) is 13.2 Å². The van der Waals surface area contributed by atoms with E-state index in [1.54, 1.807) is 6.07 Å². The van der Waals surface area contributed by atoms with Gasteiger partial charge in [-0.25, -0.2) is 0 Å². The lowest BCUT2D eigenvalue weighted by Crippen LogP contribution is -2.42. The number of piperazine rings is 1. The average molecular weight is 340 g/mol. The quantitative estimate of drug-likeness (QED) is 0.859. The van der Waals surface area contributed by atoms with Crippen LogP contribution in [0.2, 0.25) is 0 Å². The van der Waals surface area contributed by atoms with E-state index in [0.29, 0.717) is 23.8 Å². The van der Waals surface area contributed by atoms with Gasteiger partial charge in [-0.2, -0.15) is 13.8 Å². The molecule has 1 saturated heterocycles. The van der Waals surface area contributed by atoms with Crippen molar-refractivity contribution in [1.29, 1.82) is 0 Å². The minimum Gasteiger partial charge on any atom is -0.493 e. The number of ether oxygens (including phenoxy) is 2. The number of hydrogen-bond donors (Lipinski definition) is 1. The maximum Gasteiger partial charge on any atom is 0.387 e. The third-order valence-electron chi connectivity index (χ3n) is 3.67. The molecule has 0 unspecified atom stereocenters. The van der Waals surface area contributed by atoms with Crippen LogP contribution in [0.5, 0.6) is 11.5 Å². The monoisotopic (exact) mass is 340 g/mol. The van der Waals surface area contributed by atoms with Crippen LogP contribution in [0.25, 0.3) is 11.4 Å². The molecule has 9 heteroatoms. The van der Waals surface area contributed by atoms with E-state index >= 15 is 0 Å². The zero-order valence-electron chi connectivity index (χ0n) is 13.2. The van der Waals surface area contributed by atoms with E-state index in [-0.39, 0.29) is 11.5 Å². The lowest BCUT2D eigenvalue weighted by atomic mass is 10.2. The lowest BCUT2D eigenvalue weighted by Gasteiger charge is -2.25. The molecule has 2 heterocycles. The van der Waals surface area contributed by atoms with Gasteiger partial charge < -0.3 is 19.3 Å². The van der Waals surface area contributed by atoms with Crippen molar-refractivity contribution in [3.05, 3.63) is 24.1 Å². The van der Waals surface area contributed by atoms with Gasteiger partial charge in [-0.15, -0.1) is 0 Å². The van der Waals surface area contributed by atoms with E-state index in [9.17, 15) is 8.78 Å². The first-order valence-electron chi connectivity index (χ1n) is 7.54. The van der Waals surface area contributed by atoms with Crippen LogP contribution in [0.3, 0.4) is 0 Å². The Labute approximate surface area is 137 Å². The number of rotatable bonds is 6. The van der Waals surface area contributed by atoms with Crippen LogP contribution in [0.15, 0.2) is 22.7 Å². The van der Waals surface area contributed by atoms with Crippen LogP contribution in [0, 0.1) is 0 Å². The van der Waals surface area contributed by atoms with Gasteiger partial charge in [0, 0.05) is 31.7 Å². The largest absolute Gasteiger partial charge is 0.493 e. The molecule has 1 aromatic heterocycles. The number of hydrogen-bond acceptors (Lipinski definition) is 7. The normalized spacial score (nSPS) is 15.7. The average Bonchev–Trinajstić information content (AvgIpc) is 3.04. The summed E-state index contributed by atoms with van der Waals surface area (Å²) in [5, 5.41) is 7.22. The molecule has 1 N–H and O–H groups in total. The third kappa shape index (κ3) is 3.98. The number of nitrogens with one attached hydrogen (secondary N) is 1. The molecule has 0 bridgehead atoms. The van der Waals surface area contributed by atoms with Crippen LogP contribution in [-0.2, 0) is 6.54 Å². The summed E-state index contributed by atoms with van der Waals surface area (Å²) in [7, 11) is 1.38. The summed E-state index contributed by atoms with van der Waals surface area (Å²) in [6.07, 6.45) is 0. The highest BCUT2D eigenvalue weighted by atomic mass is 19.3. The number of alkyl halides is 2. The summed E-state index contributed by atoms with van der Waals surface area (Å²) in [5.41, 5.74) is 0.601. The first-order valence-corrected chi connectivity index (χ1v) is 7.54. The molecular weight excluding hydrogens is 322 g/mol. The molecule has 130 valence electrons. The zero-order chi connectivity index (χ0) is 16.9. The molecular formula is C15H18F2N4O3. The van der Waals surface area contributed by atoms with Crippen LogP contribution in [0.4, 0.5) is 8.78 Å². The number of methoxy groups -OCH3 is 1. The van der Waals surface area contributed by atoms with Gasteiger partial charge >= 0.3 is 6.61 Å². The van der Waals surface area contributed by atoms with Crippen molar-refractivity contribution in [2.75, 3.05) is 33.3 Å². The fourth-order valence-electron chi connectivity index (χ4n) is 2.50. The molecule has 7 nitrogen and oxygen atoms in total. The summed E-state index contributed by atoms with van der Waals surface area (Å²) in [6, 6.07) is 4.52. The van der Waals surface area contributed by atoms with Gasteiger partial charge in [0.05, 0.1) is 13.7 Å². The fraction of sp³-hybridized carbons (Fsp3) is 0.467. The van der Waals surface area contributed by atoms with E-state index in [0.717, 1.165) is 26.2 Å². The van der Waals surface area contributed by atoms with E-state index in [1.807, 2.05) is 0 Å². The molecule has 0 aliphatic carbocycles. The minimum absolute atomic E-state index is 0.0409. The highest BCUT2D eigenvalue weighted by molar-refractivity contribution is 5.60. The Hall–Kier alpha value is -2.26. The molecule has 0 amide bonds. The molecule has 0 saturated carbocycles. The molecule has 1 aromatic carbocycles.